The number of aromatic nitrogens is 2. The molecule has 0 radical (unpaired) electrons. The average Bonchev–Trinajstić information content (AvgIpc) is 2.93. The first kappa shape index (κ1) is 19.6. The van der Waals surface area contributed by atoms with Crippen LogP contribution in [0.2, 0.25) is 0 Å². The number of nitrogens with one attached hydrogen (secondary N) is 1. The highest BCUT2D eigenvalue weighted by molar-refractivity contribution is 5.92. The van der Waals surface area contributed by atoms with Gasteiger partial charge in [-0.2, -0.15) is 5.10 Å². The van der Waals surface area contributed by atoms with Crippen LogP contribution in [0.15, 0.2) is 35.1 Å². The van der Waals surface area contributed by atoms with Gasteiger partial charge < -0.3 is 14.5 Å². The van der Waals surface area contributed by atoms with Crippen LogP contribution in [0.4, 0.5) is 0 Å². The van der Waals surface area contributed by atoms with Gasteiger partial charge >= 0.3 is 0 Å². The minimum atomic E-state index is -0.354. The van der Waals surface area contributed by atoms with E-state index < -0.39 is 0 Å². The van der Waals surface area contributed by atoms with E-state index in [0.717, 1.165) is 11.1 Å². The quantitative estimate of drug-likeness (QED) is 0.853. The molecule has 0 atom stereocenters. The number of rotatable bonds is 4. The Hall–Kier alpha value is -3.16. The van der Waals surface area contributed by atoms with Gasteiger partial charge in [0.2, 0.25) is 0 Å². The topological polar surface area (TPSA) is 95.6 Å². The standard InChI is InChI=1S/C20H24N4O4/c1-14-4-6-17(15(2)12-14)28-13-19(26)23-8-3-9-24(11-10-23)20(27)16-5-7-18(25)22-21-16/h4-7,12H,3,8-11,13H2,1-2H3,(H,22,25). The molecule has 1 N–H and O–H groups in total. The van der Waals surface area contributed by atoms with Gasteiger partial charge in [0.1, 0.15) is 11.4 Å². The summed E-state index contributed by atoms with van der Waals surface area (Å²) in [6, 6.07) is 8.52. The molecule has 0 saturated carbocycles. The highest BCUT2D eigenvalue weighted by Crippen LogP contribution is 2.18. The van der Waals surface area contributed by atoms with Crippen LogP contribution in [0.3, 0.4) is 0 Å². The van der Waals surface area contributed by atoms with Crippen LogP contribution in [-0.2, 0) is 4.79 Å². The first-order valence-electron chi connectivity index (χ1n) is 9.27. The lowest BCUT2D eigenvalue weighted by atomic mass is 10.1. The molecule has 2 amide bonds. The zero-order valence-electron chi connectivity index (χ0n) is 16.1. The minimum absolute atomic E-state index is 0.0284. The average molecular weight is 384 g/mol. The molecule has 2 heterocycles. The molecular weight excluding hydrogens is 360 g/mol. The van der Waals surface area contributed by atoms with Gasteiger partial charge in [-0.15, -0.1) is 0 Å². The number of hydrogen-bond donors (Lipinski definition) is 1. The van der Waals surface area contributed by atoms with Crippen LogP contribution in [0.25, 0.3) is 0 Å². The molecule has 3 rings (SSSR count). The van der Waals surface area contributed by atoms with E-state index in [9.17, 15) is 14.4 Å². The van der Waals surface area contributed by atoms with Gasteiger partial charge in [0, 0.05) is 32.2 Å². The molecule has 2 aromatic rings. The van der Waals surface area contributed by atoms with E-state index in [1.165, 1.54) is 12.1 Å². The number of H-pyrrole nitrogens is 1. The van der Waals surface area contributed by atoms with Crippen molar-refractivity contribution in [2.45, 2.75) is 20.3 Å². The molecule has 0 spiro atoms. The molecule has 1 aromatic heterocycles. The second-order valence-electron chi connectivity index (χ2n) is 6.89. The maximum atomic E-state index is 12.5. The Morgan fingerprint density at radius 3 is 2.54 bits per heavy atom. The molecule has 1 aromatic carbocycles. The number of carbonyl (C=O) groups is 2. The molecule has 0 bridgehead atoms. The van der Waals surface area contributed by atoms with E-state index in [-0.39, 0.29) is 29.7 Å². The number of carbonyl (C=O) groups excluding carboxylic acids is 2. The van der Waals surface area contributed by atoms with Gasteiger partial charge in [0.25, 0.3) is 17.4 Å². The number of hydrogen-bond acceptors (Lipinski definition) is 5. The number of amides is 2. The van der Waals surface area contributed by atoms with E-state index in [2.05, 4.69) is 10.2 Å². The Bertz CT molecular complexity index is 904. The van der Waals surface area contributed by atoms with Crippen molar-refractivity contribution in [2.75, 3.05) is 32.8 Å². The smallest absolute Gasteiger partial charge is 0.274 e. The fourth-order valence-corrected chi connectivity index (χ4v) is 3.19. The maximum absolute atomic E-state index is 12.5. The molecule has 1 aliphatic heterocycles. The second-order valence-corrected chi connectivity index (χ2v) is 6.89. The van der Waals surface area contributed by atoms with Gasteiger partial charge in [0.05, 0.1) is 0 Å². The van der Waals surface area contributed by atoms with E-state index in [0.29, 0.717) is 38.3 Å². The predicted octanol–water partition coefficient (Wildman–Crippen LogP) is 1.14. The summed E-state index contributed by atoms with van der Waals surface area (Å²) >= 11 is 0. The van der Waals surface area contributed by atoms with Crippen LogP contribution in [0.5, 0.6) is 5.75 Å². The Morgan fingerprint density at radius 1 is 1.07 bits per heavy atom. The second kappa shape index (κ2) is 8.69. The van der Waals surface area contributed by atoms with Crippen molar-refractivity contribution in [3.63, 3.8) is 0 Å². The van der Waals surface area contributed by atoms with Crippen molar-refractivity contribution in [3.8, 4) is 5.75 Å². The SMILES string of the molecule is Cc1ccc(OCC(=O)N2CCCN(C(=O)c3ccc(=O)[nH]n3)CC2)c(C)c1. The number of nitrogens with zero attached hydrogens (tertiary/aromatic N) is 3. The molecule has 1 aliphatic rings. The van der Waals surface area contributed by atoms with Crippen LogP contribution < -0.4 is 10.3 Å². The summed E-state index contributed by atoms with van der Waals surface area (Å²) in [5, 5.41) is 6.05. The Morgan fingerprint density at radius 2 is 1.82 bits per heavy atom. The van der Waals surface area contributed by atoms with Gasteiger partial charge in [0.15, 0.2) is 6.61 Å². The van der Waals surface area contributed by atoms with Crippen molar-refractivity contribution in [1.29, 1.82) is 0 Å². The Balaban J connectivity index is 1.55. The summed E-state index contributed by atoms with van der Waals surface area (Å²) < 4.78 is 5.69. The Kier molecular flexibility index (Phi) is 6.08. The zero-order chi connectivity index (χ0) is 20.1. The van der Waals surface area contributed by atoms with E-state index in [1.807, 2.05) is 32.0 Å². The van der Waals surface area contributed by atoms with Crippen LogP contribution in [0, 0.1) is 13.8 Å². The van der Waals surface area contributed by atoms with E-state index >= 15 is 0 Å². The minimum Gasteiger partial charge on any atom is -0.484 e. The lowest BCUT2D eigenvalue weighted by molar-refractivity contribution is -0.133. The first-order chi connectivity index (χ1) is 13.4. The summed E-state index contributed by atoms with van der Waals surface area (Å²) in [6.45, 7) is 5.87. The van der Waals surface area contributed by atoms with Crippen molar-refractivity contribution in [3.05, 3.63) is 57.5 Å². The molecule has 0 aliphatic carbocycles. The fourth-order valence-electron chi connectivity index (χ4n) is 3.19. The van der Waals surface area contributed by atoms with Crippen molar-refractivity contribution in [2.24, 2.45) is 0 Å². The molecule has 1 saturated heterocycles. The summed E-state index contributed by atoms with van der Waals surface area (Å²) in [7, 11) is 0. The van der Waals surface area contributed by atoms with Crippen molar-refractivity contribution in [1.82, 2.24) is 20.0 Å². The van der Waals surface area contributed by atoms with E-state index in [1.54, 1.807) is 9.80 Å². The molecular formula is C20H24N4O4. The number of benzene rings is 1. The maximum Gasteiger partial charge on any atom is 0.274 e. The third kappa shape index (κ3) is 4.76. The molecule has 148 valence electrons. The summed E-state index contributed by atoms with van der Waals surface area (Å²) in [6.07, 6.45) is 0.671. The van der Waals surface area contributed by atoms with Gasteiger partial charge in [-0.1, -0.05) is 17.7 Å². The number of aromatic amines is 1. The monoisotopic (exact) mass is 384 g/mol. The third-order valence-corrected chi connectivity index (χ3v) is 4.72. The van der Waals surface area contributed by atoms with Crippen molar-refractivity contribution < 1.29 is 14.3 Å². The normalized spacial score (nSPS) is 14.5. The Labute approximate surface area is 163 Å². The van der Waals surface area contributed by atoms with Crippen LogP contribution in [0.1, 0.15) is 28.0 Å². The molecule has 28 heavy (non-hydrogen) atoms. The van der Waals surface area contributed by atoms with Crippen LogP contribution in [-0.4, -0.2) is 64.6 Å². The summed E-state index contributed by atoms with van der Waals surface area (Å²) in [5.41, 5.74) is 1.98. The highest BCUT2D eigenvalue weighted by atomic mass is 16.5. The summed E-state index contributed by atoms with van der Waals surface area (Å²) in [4.78, 5) is 39.5. The van der Waals surface area contributed by atoms with Gasteiger partial charge in [-0.3, -0.25) is 14.4 Å². The third-order valence-electron chi connectivity index (χ3n) is 4.72. The molecule has 8 nitrogen and oxygen atoms in total. The zero-order valence-corrected chi connectivity index (χ0v) is 16.1. The number of ether oxygens (including phenoxy) is 1. The largest absolute Gasteiger partial charge is 0.484 e. The molecule has 1 fully saturated rings. The number of aryl methyl sites for hydroxylation is 2. The van der Waals surface area contributed by atoms with E-state index in [4.69, 9.17) is 4.74 Å². The predicted molar refractivity (Wildman–Crippen MR) is 103 cm³/mol. The fraction of sp³-hybridized carbons (Fsp3) is 0.400. The lowest BCUT2D eigenvalue weighted by Gasteiger charge is -2.22. The summed E-state index contributed by atoms with van der Waals surface area (Å²) in [5.74, 6) is 0.350. The van der Waals surface area contributed by atoms with Gasteiger partial charge in [-0.25, -0.2) is 5.10 Å². The lowest BCUT2D eigenvalue weighted by Crippen LogP contribution is -2.39. The van der Waals surface area contributed by atoms with Crippen LogP contribution >= 0.6 is 0 Å². The molecule has 8 heteroatoms. The highest BCUT2D eigenvalue weighted by Gasteiger charge is 2.24. The molecule has 0 unspecified atom stereocenters. The first-order valence-corrected chi connectivity index (χ1v) is 9.27. The van der Waals surface area contributed by atoms with Gasteiger partial charge in [-0.05, 0) is 38.0 Å². The van der Waals surface area contributed by atoms with Crippen molar-refractivity contribution >= 4 is 11.8 Å².